The second-order valence-electron chi connectivity index (χ2n) is 15.8. The van der Waals surface area contributed by atoms with Crippen LogP contribution in [0.15, 0.2) is 59.5 Å². The molecule has 2 amide bonds. The number of hydrogen-bond acceptors (Lipinski definition) is 18. The zero-order valence-electron chi connectivity index (χ0n) is 36.7. The smallest absolute Gasteiger partial charge is 0.480 e. The largest absolute Gasteiger partial charge is 0.508 e. The highest BCUT2D eigenvalue weighted by molar-refractivity contribution is 8.76. The number of aliphatic carboxylic acids is 2. The maximum Gasteiger partial charge on any atom is 0.508 e. The molecule has 67 heavy (non-hydrogen) atoms. The number of benzene rings is 2. The first-order valence-corrected chi connectivity index (χ1v) is 23.5. The molecule has 0 aliphatic heterocycles. The van der Waals surface area contributed by atoms with Crippen molar-refractivity contribution in [2.75, 3.05) is 34.9 Å². The number of nitrogens with one attached hydrogen (secondary N) is 4. The lowest BCUT2D eigenvalue weighted by atomic mass is 10.1. The molecule has 0 saturated carbocycles. The highest BCUT2D eigenvalue weighted by atomic mass is 33.1. The van der Waals surface area contributed by atoms with E-state index in [2.05, 4.69) is 47.8 Å². The molecule has 0 bridgehead atoms. The summed E-state index contributed by atoms with van der Waals surface area (Å²) in [6, 6.07) is 11.0. The minimum absolute atomic E-state index is 0.0237. The highest BCUT2D eigenvalue weighted by Gasteiger charge is 2.29. The zero-order valence-corrected chi connectivity index (χ0v) is 38.4. The van der Waals surface area contributed by atoms with Crippen LogP contribution in [0.4, 0.5) is 22.2 Å². The van der Waals surface area contributed by atoms with E-state index in [4.69, 9.17) is 25.9 Å². The van der Waals surface area contributed by atoms with Crippen LogP contribution in [0.2, 0.25) is 0 Å². The van der Waals surface area contributed by atoms with Gasteiger partial charge in [-0.15, -0.1) is 0 Å². The number of hydrogen-bond donors (Lipinski definition) is 8. The van der Waals surface area contributed by atoms with Gasteiger partial charge in [-0.3, -0.25) is 19.4 Å². The number of carboxylic acids is 2. The van der Waals surface area contributed by atoms with Crippen LogP contribution in [0, 0.1) is 0 Å². The number of carboxylic acid groups (broad SMARTS) is 2. The van der Waals surface area contributed by atoms with E-state index in [-0.39, 0.29) is 66.7 Å². The van der Waals surface area contributed by atoms with Gasteiger partial charge in [0.2, 0.25) is 11.9 Å². The van der Waals surface area contributed by atoms with Crippen molar-refractivity contribution in [1.29, 1.82) is 0 Å². The predicted molar refractivity (Wildman–Crippen MR) is 253 cm³/mol. The number of unbranched alkanes of at least 4 members (excludes halogenated alkanes) is 1. The summed E-state index contributed by atoms with van der Waals surface area (Å²) in [5.74, 6) is -2.85. The normalized spacial score (nSPS) is 12.4. The van der Waals surface area contributed by atoms with E-state index in [0.29, 0.717) is 29.1 Å². The van der Waals surface area contributed by atoms with E-state index >= 15 is 0 Å². The number of nitrogens with zero attached hydrogens (tertiary/aromatic N) is 6. The molecule has 22 nitrogen and oxygen atoms in total. The lowest BCUT2D eigenvalue weighted by Gasteiger charge is -2.26. The molecule has 0 saturated heterocycles. The lowest BCUT2D eigenvalue weighted by Crippen LogP contribution is -2.44. The van der Waals surface area contributed by atoms with Crippen molar-refractivity contribution in [2.45, 2.75) is 83.6 Å². The maximum atomic E-state index is 12.9. The number of nitrogens with two attached hydrogens (primary N) is 2. The minimum Gasteiger partial charge on any atom is -0.480 e. The number of carbonyl (C=O) groups excluding carboxylic acids is 3. The second kappa shape index (κ2) is 22.3. The fraction of sp³-hybridized carbons (Fsp3) is 0.372. The van der Waals surface area contributed by atoms with Crippen molar-refractivity contribution in [2.24, 2.45) is 0 Å². The Bertz CT molecular complexity index is 2840. The average molecular weight is 959 g/mol. The fourth-order valence-electron chi connectivity index (χ4n) is 6.81. The number of aromatic amines is 1. The van der Waals surface area contributed by atoms with Crippen LogP contribution in [0.5, 0.6) is 0 Å². The standard InChI is InChI=1S/C43H50N12O10S2/c1-4-5-10-30-52-32-34(26-8-6-7-9-27(26)50-35(32)44)55(30)22-43(2,3)65-42(63)64-17-18-66-67-21-29(40(61)62)49-31(56)16-15-28(39(59)60)51-37(57)23-11-13-24(14-12-23)46-19-25-20-47-36-33(48-25)38(58)54-41(45)53-36/h6-9,11-14,20,28-29,46H,4-5,10,15-19,21-22H2,1-3H3,(H2,44,50)(H,49,56)(H,51,57)(H,59,60)(H,61,62)(H3,45,47,53,54,58). The second-order valence-corrected chi connectivity index (χ2v) is 18.4. The molecule has 0 aliphatic rings. The van der Waals surface area contributed by atoms with Gasteiger partial charge >= 0.3 is 18.1 Å². The topological polar surface area (TPSA) is 335 Å². The Kier molecular flexibility index (Phi) is 16.4. The summed E-state index contributed by atoms with van der Waals surface area (Å²) in [5, 5.41) is 28.2. The number of ether oxygens (including phenoxy) is 2. The summed E-state index contributed by atoms with van der Waals surface area (Å²) in [5.41, 5.74) is 13.7. The molecule has 354 valence electrons. The van der Waals surface area contributed by atoms with E-state index in [0.717, 1.165) is 45.9 Å². The van der Waals surface area contributed by atoms with E-state index in [1.807, 2.05) is 28.8 Å². The molecule has 4 aromatic heterocycles. The van der Waals surface area contributed by atoms with Crippen molar-refractivity contribution in [3.05, 3.63) is 82.2 Å². The third kappa shape index (κ3) is 13.2. The number of carbonyl (C=O) groups is 5. The molecular formula is C43H50N12O10S2. The first-order valence-electron chi connectivity index (χ1n) is 21.1. The SMILES string of the molecule is CCCCc1nc2c(N)nc3ccccc3c2n1CC(C)(C)OC(=O)OCCSSCC(NC(=O)CCC(NC(=O)c1ccc(NCc2cnc3nc(N)[nH]c(=O)c3n2)cc1)C(=O)O)C(=O)O. The van der Waals surface area contributed by atoms with Crippen molar-refractivity contribution in [1.82, 2.24) is 45.1 Å². The Labute approximate surface area is 390 Å². The van der Waals surface area contributed by atoms with Gasteiger partial charge in [0.15, 0.2) is 17.0 Å². The van der Waals surface area contributed by atoms with E-state index in [1.54, 1.807) is 26.0 Å². The number of amides is 2. The zero-order chi connectivity index (χ0) is 48.3. The fourth-order valence-corrected chi connectivity index (χ4v) is 8.79. The monoisotopic (exact) mass is 958 g/mol. The number of rotatable bonds is 23. The van der Waals surface area contributed by atoms with Crippen molar-refractivity contribution in [3.8, 4) is 0 Å². The van der Waals surface area contributed by atoms with Crippen LogP contribution in [-0.2, 0) is 43.4 Å². The Morgan fingerprint density at radius 1 is 0.925 bits per heavy atom. The molecule has 2 aromatic carbocycles. The van der Waals surface area contributed by atoms with Gasteiger partial charge in [-0.2, -0.15) is 4.98 Å². The number of anilines is 3. The third-order valence-electron chi connectivity index (χ3n) is 10.1. The number of H-pyrrole nitrogens is 1. The Balaban J connectivity index is 0.907. The van der Waals surface area contributed by atoms with Gasteiger partial charge in [0.25, 0.3) is 11.5 Å². The quantitative estimate of drug-likeness (QED) is 0.0252. The minimum atomic E-state index is -1.45. The third-order valence-corrected chi connectivity index (χ3v) is 12.4. The van der Waals surface area contributed by atoms with Gasteiger partial charge in [-0.25, -0.2) is 34.3 Å². The van der Waals surface area contributed by atoms with Gasteiger partial charge in [0.05, 0.1) is 36.0 Å². The number of nitrogen functional groups attached to an aromatic ring is 2. The number of imidazole rings is 1. The summed E-state index contributed by atoms with van der Waals surface area (Å²) in [6.07, 6.45) is 2.40. The van der Waals surface area contributed by atoms with Gasteiger partial charge in [0.1, 0.15) is 35.6 Å². The van der Waals surface area contributed by atoms with Crippen LogP contribution in [0.1, 0.15) is 68.3 Å². The van der Waals surface area contributed by atoms with Gasteiger partial charge in [0, 0.05) is 41.0 Å². The Morgan fingerprint density at radius 2 is 1.67 bits per heavy atom. The van der Waals surface area contributed by atoms with Crippen molar-refractivity contribution < 1.29 is 43.7 Å². The molecule has 2 atom stereocenters. The Morgan fingerprint density at radius 3 is 2.40 bits per heavy atom. The first-order chi connectivity index (χ1) is 32.0. The van der Waals surface area contributed by atoms with Gasteiger partial charge in [-0.1, -0.05) is 53.1 Å². The molecular weight excluding hydrogens is 909 g/mol. The summed E-state index contributed by atoms with van der Waals surface area (Å²) in [7, 11) is 2.35. The van der Waals surface area contributed by atoms with Crippen LogP contribution in [-0.4, -0.2) is 110 Å². The molecule has 0 fully saturated rings. The predicted octanol–water partition coefficient (Wildman–Crippen LogP) is 4.28. The molecule has 4 heterocycles. The van der Waals surface area contributed by atoms with E-state index in [9.17, 15) is 39.0 Å². The summed E-state index contributed by atoms with van der Waals surface area (Å²) in [4.78, 5) is 98.6. The molecule has 0 aliphatic carbocycles. The van der Waals surface area contributed by atoms with Gasteiger partial charge < -0.3 is 51.7 Å². The lowest BCUT2D eigenvalue weighted by molar-refractivity contribution is -0.142. The molecule has 2 unspecified atom stereocenters. The summed E-state index contributed by atoms with van der Waals surface area (Å²) < 4.78 is 13.1. The van der Waals surface area contributed by atoms with Crippen molar-refractivity contribution in [3.63, 3.8) is 0 Å². The Hall–Kier alpha value is -7.21. The molecule has 24 heteroatoms. The van der Waals surface area contributed by atoms with Gasteiger partial charge in [-0.05, 0) is 57.0 Å². The van der Waals surface area contributed by atoms with Crippen LogP contribution < -0.4 is 33.0 Å². The van der Waals surface area contributed by atoms with E-state index in [1.165, 1.54) is 29.1 Å². The van der Waals surface area contributed by atoms with E-state index < -0.39 is 53.2 Å². The summed E-state index contributed by atoms with van der Waals surface area (Å²) >= 11 is 0. The van der Waals surface area contributed by atoms with Crippen LogP contribution >= 0.6 is 21.6 Å². The number of aromatic nitrogens is 7. The maximum absolute atomic E-state index is 12.9. The number of para-hydroxylation sites is 1. The molecule has 0 spiro atoms. The number of aryl methyl sites for hydroxylation is 1. The summed E-state index contributed by atoms with van der Waals surface area (Å²) in [6.45, 7) is 6.04. The molecule has 6 rings (SSSR count). The van der Waals surface area contributed by atoms with Crippen molar-refractivity contribution >= 4 is 102 Å². The molecule has 10 N–H and O–H groups in total. The first kappa shape index (κ1) is 49.2. The highest BCUT2D eigenvalue weighted by Crippen LogP contribution is 2.31. The number of pyridine rings is 1. The van der Waals surface area contributed by atoms with Crippen LogP contribution in [0.25, 0.3) is 33.1 Å². The van der Waals surface area contributed by atoms with Crippen LogP contribution in [0.3, 0.4) is 0 Å². The molecule has 0 radical (unpaired) electrons. The molecule has 6 aromatic rings. The number of fused-ring (bicyclic) bond motifs is 4. The average Bonchev–Trinajstić information content (AvgIpc) is 3.64.